The van der Waals surface area contributed by atoms with Crippen LogP contribution in [0.4, 0.5) is 0 Å². The zero-order valence-corrected chi connectivity index (χ0v) is 28.8. The summed E-state index contributed by atoms with van der Waals surface area (Å²) in [5.41, 5.74) is 2.90. The molecule has 1 unspecified atom stereocenters. The van der Waals surface area contributed by atoms with Crippen LogP contribution in [0.25, 0.3) is 0 Å². The van der Waals surface area contributed by atoms with Crippen LogP contribution in [0.3, 0.4) is 0 Å². The largest absolute Gasteiger partial charge is 0.497 e. The Labute approximate surface area is 289 Å². The number of likely N-dealkylation sites (tertiary alicyclic amines) is 1. The second-order valence-electron chi connectivity index (χ2n) is 13.1. The van der Waals surface area contributed by atoms with Crippen LogP contribution in [0.15, 0.2) is 42.5 Å². The van der Waals surface area contributed by atoms with Gasteiger partial charge in [-0.05, 0) is 88.0 Å². The monoisotopic (exact) mass is 671 g/mol. The summed E-state index contributed by atoms with van der Waals surface area (Å²) in [5.74, 6) is 6.29. The summed E-state index contributed by atoms with van der Waals surface area (Å²) < 4.78 is 11.1. The molecule has 49 heavy (non-hydrogen) atoms. The normalized spacial score (nSPS) is 18.2. The molecule has 11 heteroatoms. The minimum absolute atomic E-state index is 0.0432. The number of amides is 4. The molecule has 0 bridgehead atoms. The molecule has 1 atom stereocenters. The van der Waals surface area contributed by atoms with E-state index in [2.05, 4.69) is 39.3 Å². The number of hydrogen-bond acceptors (Lipinski definition) is 8. The van der Waals surface area contributed by atoms with E-state index in [1.807, 2.05) is 30.3 Å². The number of carbonyl (C=O) groups is 4. The number of ether oxygens (including phenoxy) is 2. The molecule has 0 spiro atoms. The smallest absolute Gasteiger partial charge is 0.255 e. The summed E-state index contributed by atoms with van der Waals surface area (Å²) in [6.07, 6.45) is 6.18. The topological polar surface area (TPSA) is 121 Å². The molecule has 0 aromatic heterocycles. The number of rotatable bonds is 15. The van der Waals surface area contributed by atoms with Gasteiger partial charge in [0.2, 0.25) is 11.8 Å². The van der Waals surface area contributed by atoms with Crippen LogP contribution in [0.1, 0.15) is 83.2 Å². The first-order chi connectivity index (χ1) is 23.8. The first-order valence-corrected chi connectivity index (χ1v) is 17.5. The quantitative estimate of drug-likeness (QED) is 0.168. The molecule has 4 amide bonds. The summed E-state index contributed by atoms with van der Waals surface area (Å²) in [4.78, 5) is 55.8. The van der Waals surface area contributed by atoms with Gasteiger partial charge in [0.25, 0.3) is 11.8 Å². The van der Waals surface area contributed by atoms with Crippen LogP contribution in [-0.2, 0) is 20.9 Å². The van der Waals surface area contributed by atoms with E-state index < -0.39 is 11.9 Å². The fourth-order valence-corrected chi connectivity index (χ4v) is 6.67. The summed E-state index contributed by atoms with van der Waals surface area (Å²) in [6, 6.07) is 12.4. The summed E-state index contributed by atoms with van der Waals surface area (Å²) in [7, 11) is 3.72. The van der Waals surface area contributed by atoms with Crippen molar-refractivity contribution < 1.29 is 28.7 Å². The van der Waals surface area contributed by atoms with Crippen LogP contribution in [0.5, 0.6) is 5.75 Å². The molecule has 2 saturated heterocycles. The van der Waals surface area contributed by atoms with E-state index in [9.17, 15) is 19.2 Å². The van der Waals surface area contributed by atoms with Gasteiger partial charge in [-0.3, -0.25) is 24.5 Å². The van der Waals surface area contributed by atoms with Gasteiger partial charge >= 0.3 is 0 Å². The zero-order valence-electron chi connectivity index (χ0n) is 28.8. The third-order valence-corrected chi connectivity index (χ3v) is 9.49. The lowest BCUT2D eigenvalue weighted by atomic mass is 10.0. The maximum atomic E-state index is 13.0. The van der Waals surface area contributed by atoms with Crippen LogP contribution in [0.2, 0.25) is 0 Å². The standard InChI is InChI=1S/C38H49N5O6/c1-41(19-5-3-4-10-28-11-7-14-32-33(28)27-43(38(32)47)34-15-16-35(44)40-37(34)46)20-8-24-49-25-9-21-42-22-17-30(18-23-42)39-36(45)29-12-6-13-31(26-29)48-2/h6-7,11-14,26,30,34H,3,5,8-9,15-25,27H2,1-2H3,(H,39,45)(H,40,44,46). The molecular formula is C38H49N5O6. The van der Waals surface area contributed by atoms with Crippen molar-refractivity contribution in [2.24, 2.45) is 0 Å². The van der Waals surface area contributed by atoms with E-state index in [4.69, 9.17) is 9.47 Å². The van der Waals surface area contributed by atoms with Crippen molar-refractivity contribution in [3.8, 4) is 17.6 Å². The van der Waals surface area contributed by atoms with Gasteiger partial charge in [0.15, 0.2) is 0 Å². The molecule has 11 nitrogen and oxygen atoms in total. The number of benzene rings is 2. The number of carbonyl (C=O) groups excluding carboxylic acids is 4. The van der Waals surface area contributed by atoms with Crippen LogP contribution >= 0.6 is 0 Å². The highest BCUT2D eigenvalue weighted by atomic mass is 16.5. The Morgan fingerprint density at radius 2 is 1.80 bits per heavy atom. The lowest BCUT2D eigenvalue weighted by molar-refractivity contribution is -0.136. The third kappa shape index (κ3) is 10.1. The number of nitrogens with one attached hydrogen (secondary N) is 2. The maximum absolute atomic E-state index is 13.0. The second-order valence-corrected chi connectivity index (χ2v) is 13.1. The summed E-state index contributed by atoms with van der Waals surface area (Å²) >= 11 is 0. The minimum Gasteiger partial charge on any atom is -0.497 e. The average Bonchev–Trinajstić information content (AvgIpc) is 3.44. The Hall–Kier alpha value is -4.24. The number of methoxy groups -OCH3 is 1. The molecule has 3 aliphatic rings. The number of imide groups is 1. The molecule has 262 valence electrons. The maximum Gasteiger partial charge on any atom is 0.255 e. The first-order valence-electron chi connectivity index (χ1n) is 17.5. The summed E-state index contributed by atoms with van der Waals surface area (Å²) in [5, 5.41) is 5.52. The molecule has 0 radical (unpaired) electrons. The Bertz CT molecular complexity index is 1540. The van der Waals surface area contributed by atoms with Gasteiger partial charge in [-0.1, -0.05) is 24.0 Å². The van der Waals surface area contributed by atoms with Crippen LogP contribution in [0, 0.1) is 11.8 Å². The van der Waals surface area contributed by atoms with Crippen LogP contribution in [-0.4, -0.2) is 111 Å². The van der Waals surface area contributed by atoms with Crippen molar-refractivity contribution in [1.82, 2.24) is 25.3 Å². The number of fused-ring (bicyclic) bond motifs is 1. The molecule has 2 N–H and O–H groups in total. The van der Waals surface area contributed by atoms with Gasteiger partial charge in [0.05, 0.1) is 7.11 Å². The highest BCUT2D eigenvalue weighted by molar-refractivity contribution is 6.05. The van der Waals surface area contributed by atoms with E-state index >= 15 is 0 Å². The molecule has 3 aliphatic heterocycles. The minimum atomic E-state index is -0.623. The van der Waals surface area contributed by atoms with Crippen LogP contribution < -0.4 is 15.4 Å². The van der Waals surface area contributed by atoms with Crippen molar-refractivity contribution in [2.45, 2.75) is 70.0 Å². The molecular weight excluding hydrogens is 622 g/mol. The molecule has 5 rings (SSSR count). The molecule has 2 aromatic carbocycles. The Balaban J connectivity index is 0.895. The zero-order chi connectivity index (χ0) is 34.6. The Kier molecular flexibility index (Phi) is 13.2. The van der Waals surface area contributed by atoms with Crippen molar-refractivity contribution >= 4 is 23.6 Å². The van der Waals surface area contributed by atoms with Gasteiger partial charge in [-0.15, -0.1) is 0 Å². The fourth-order valence-electron chi connectivity index (χ4n) is 6.67. The summed E-state index contributed by atoms with van der Waals surface area (Å²) in [6.45, 7) is 6.72. The van der Waals surface area contributed by atoms with E-state index in [0.29, 0.717) is 29.8 Å². The Morgan fingerprint density at radius 3 is 2.59 bits per heavy atom. The SMILES string of the molecule is COc1cccc(C(=O)NC2CCN(CCCOCCCN(C)CCCC#Cc3cccc4c3CN(C3CCC(=O)NC3=O)C4=O)CC2)c1. The lowest BCUT2D eigenvalue weighted by Crippen LogP contribution is -2.52. The predicted octanol–water partition coefficient (Wildman–Crippen LogP) is 3.21. The molecule has 2 fully saturated rings. The number of piperidine rings is 2. The van der Waals surface area contributed by atoms with Gasteiger partial charge < -0.3 is 29.5 Å². The van der Waals surface area contributed by atoms with E-state index in [1.54, 1.807) is 24.1 Å². The van der Waals surface area contributed by atoms with Crippen molar-refractivity contribution in [3.05, 3.63) is 64.7 Å². The average molecular weight is 672 g/mol. The van der Waals surface area contributed by atoms with E-state index in [1.165, 1.54) is 0 Å². The fraction of sp³-hybridized carbons (Fsp3) is 0.526. The molecule has 0 aliphatic carbocycles. The first kappa shape index (κ1) is 36.1. The lowest BCUT2D eigenvalue weighted by Gasteiger charge is -2.32. The number of nitrogens with zero attached hydrogens (tertiary/aromatic N) is 3. The van der Waals surface area contributed by atoms with E-state index in [-0.39, 0.29) is 30.2 Å². The Morgan fingerprint density at radius 1 is 1.02 bits per heavy atom. The van der Waals surface area contributed by atoms with Gasteiger partial charge in [0, 0.05) is 81.5 Å². The van der Waals surface area contributed by atoms with Crippen molar-refractivity contribution in [1.29, 1.82) is 0 Å². The highest BCUT2D eigenvalue weighted by Crippen LogP contribution is 2.29. The highest BCUT2D eigenvalue weighted by Gasteiger charge is 2.39. The van der Waals surface area contributed by atoms with Crippen molar-refractivity contribution in [3.63, 3.8) is 0 Å². The molecule has 0 saturated carbocycles. The third-order valence-electron chi connectivity index (χ3n) is 9.49. The second kappa shape index (κ2) is 18.0. The van der Waals surface area contributed by atoms with Gasteiger partial charge in [-0.2, -0.15) is 0 Å². The molecule has 3 heterocycles. The number of unbranched alkanes of at least 4 members (excludes halogenated alkanes) is 1. The van der Waals surface area contributed by atoms with Gasteiger partial charge in [-0.25, -0.2) is 0 Å². The van der Waals surface area contributed by atoms with Gasteiger partial charge in [0.1, 0.15) is 11.8 Å². The number of hydrogen-bond donors (Lipinski definition) is 2. The molecule has 2 aromatic rings. The van der Waals surface area contributed by atoms with E-state index in [0.717, 1.165) is 95.6 Å². The predicted molar refractivity (Wildman–Crippen MR) is 186 cm³/mol. The van der Waals surface area contributed by atoms with Crippen molar-refractivity contribution in [2.75, 3.05) is 60.1 Å².